The van der Waals surface area contributed by atoms with Crippen molar-refractivity contribution >= 4 is 0 Å². The van der Waals surface area contributed by atoms with Gasteiger partial charge in [0.15, 0.2) is 0 Å². The highest BCUT2D eigenvalue weighted by Gasteiger charge is 2.21. The number of rotatable bonds is 3. The van der Waals surface area contributed by atoms with E-state index < -0.39 is 6.10 Å². The summed E-state index contributed by atoms with van der Waals surface area (Å²) in [7, 11) is 0. The Balaban J connectivity index is 2.27. The fourth-order valence-electron chi connectivity index (χ4n) is 1.29. The number of azide groups is 1. The number of nitrogens with zero attached hydrogens (tertiary/aromatic N) is 3. The molecule has 0 bridgehead atoms. The van der Waals surface area contributed by atoms with Crippen LogP contribution in [0.4, 0.5) is 0 Å². The summed E-state index contributed by atoms with van der Waals surface area (Å²) in [5.74, 6) is 0. The first-order chi connectivity index (χ1) is 5.34. The van der Waals surface area contributed by atoms with Crippen molar-refractivity contribution in [1.29, 1.82) is 0 Å². The molecule has 1 saturated heterocycles. The average molecular weight is 156 g/mol. The van der Waals surface area contributed by atoms with Crippen LogP contribution >= 0.6 is 0 Å². The smallest absolute Gasteiger partial charge is 0.0749 e. The Hall–Kier alpha value is -0.770. The van der Waals surface area contributed by atoms with Crippen molar-refractivity contribution in [3.8, 4) is 0 Å². The van der Waals surface area contributed by atoms with Gasteiger partial charge in [0.1, 0.15) is 0 Å². The molecule has 0 saturated carbocycles. The molecule has 0 aromatic heterocycles. The van der Waals surface area contributed by atoms with Gasteiger partial charge in [-0.1, -0.05) is 5.11 Å². The van der Waals surface area contributed by atoms with Gasteiger partial charge in [0.2, 0.25) is 0 Å². The molecule has 2 atom stereocenters. The summed E-state index contributed by atoms with van der Waals surface area (Å²) in [6.07, 6.45) is 1.55. The second-order valence-electron chi connectivity index (χ2n) is 2.68. The lowest BCUT2D eigenvalue weighted by Crippen LogP contribution is -2.36. The molecule has 62 valence electrons. The van der Waals surface area contributed by atoms with Crippen LogP contribution in [0, 0.1) is 0 Å². The van der Waals surface area contributed by atoms with Gasteiger partial charge in [-0.25, -0.2) is 0 Å². The fourth-order valence-corrected chi connectivity index (χ4v) is 1.29. The molecule has 11 heavy (non-hydrogen) atoms. The van der Waals surface area contributed by atoms with Crippen LogP contribution in [0.2, 0.25) is 0 Å². The summed E-state index contributed by atoms with van der Waals surface area (Å²) in [6.45, 7) is 1.13. The summed E-state index contributed by atoms with van der Waals surface area (Å²) in [6, 6.07) is 0.125. The monoisotopic (exact) mass is 156 g/mol. The van der Waals surface area contributed by atoms with E-state index in [-0.39, 0.29) is 12.6 Å². The second-order valence-corrected chi connectivity index (χ2v) is 2.68. The average Bonchev–Trinajstić information content (AvgIpc) is 2.52. The van der Waals surface area contributed by atoms with E-state index in [9.17, 15) is 5.11 Å². The normalized spacial score (nSPS) is 26.1. The Morgan fingerprint density at radius 2 is 2.64 bits per heavy atom. The van der Waals surface area contributed by atoms with Crippen molar-refractivity contribution in [2.75, 3.05) is 13.1 Å². The number of hydrogen-bond donors (Lipinski definition) is 2. The van der Waals surface area contributed by atoms with Gasteiger partial charge in [-0.3, -0.25) is 0 Å². The zero-order chi connectivity index (χ0) is 8.10. The molecule has 0 unspecified atom stereocenters. The minimum atomic E-state index is -0.520. The molecule has 0 aromatic rings. The van der Waals surface area contributed by atoms with Gasteiger partial charge in [-0.2, -0.15) is 0 Å². The lowest BCUT2D eigenvalue weighted by Gasteiger charge is -2.15. The van der Waals surface area contributed by atoms with Gasteiger partial charge in [0, 0.05) is 11.0 Å². The highest BCUT2D eigenvalue weighted by Crippen LogP contribution is 2.09. The first kappa shape index (κ1) is 8.33. The van der Waals surface area contributed by atoms with Crippen LogP contribution < -0.4 is 5.32 Å². The van der Waals surface area contributed by atoms with Crippen molar-refractivity contribution in [2.24, 2.45) is 5.11 Å². The SMILES string of the molecule is [N-]=[N+]=NC[C@@H](O)[C@@H]1CCCN1. The molecule has 1 heterocycles. The third-order valence-electron chi connectivity index (χ3n) is 1.89. The zero-order valence-corrected chi connectivity index (χ0v) is 6.27. The summed E-state index contributed by atoms with van der Waals surface area (Å²) in [4.78, 5) is 2.58. The van der Waals surface area contributed by atoms with Crippen molar-refractivity contribution in [1.82, 2.24) is 5.32 Å². The predicted molar refractivity (Wildman–Crippen MR) is 41.0 cm³/mol. The van der Waals surface area contributed by atoms with E-state index in [0.29, 0.717) is 0 Å². The number of nitrogens with one attached hydrogen (secondary N) is 1. The first-order valence-corrected chi connectivity index (χ1v) is 3.77. The van der Waals surface area contributed by atoms with E-state index in [4.69, 9.17) is 5.53 Å². The third-order valence-corrected chi connectivity index (χ3v) is 1.89. The quantitative estimate of drug-likeness (QED) is 0.352. The Labute approximate surface area is 65.0 Å². The van der Waals surface area contributed by atoms with Crippen LogP contribution in [0.1, 0.15) is 12.8 Å². The van der Waals surface area contributed by atoms with Gasteiger partial charge < -0.3 is 10.4 Å². The first-order valence-electron chi connectivity index (χ1n) is 3.77. The maximum Gasteiger partial charge on any atom is 0.0749 e. The van der Waals surface area contributed by atoms with Crippen molar-refractivity contribution in [3.05, 3.63) is 10.4 Å². The van der Waals surface area contributed by atoms with Crippen LogP contribution in [0.25, 0.3) is 10.4 Å². The molecule has 0 aromatic carbocycles. The third kappa shape index (κ3) is 2.38. The fraction of sp³-hybridized carbons (Fsp3) is 1.00. The minimum Gasteiger partial charge on any atom is -0.391 e. The topological polar surface area (TPSA) is 81.0 Å². The predicted octanol–water partition coefficient (Wildman–Crippen LogP) is 0.410. The molecule has 2 N–H and O–H groups in total. The molecule has 0 spiro atoms. The molecule has 1 aliphatic rings. The van der Waals surface area contributed by atoms with Gasteiger partial charge in [0.25, 0.3) is 0 Å². The Kier molecular flexibility index (Phi) is 3.16. The van der Waals surface area contributed by atoms with Crippen LogP contribution in [-0.2, 0) is 0 Å². The Bertz CT molecular complexity index is 160. The van der Waals surface area contributed by atoms with E-state index in [1.165, 1.54) is 0 Å². The second kappa shape index (κ2) is 4.18. The van der Waals surface area contributed by atoms with E-state index in [2.05, 4.69) is 15.3 Å². The molecule has 1 fully saturated rings. The van der Waals surface area contributed by atoms with Crippen molar-refractivity contribution in [3.63, 3.8) is 0 Å². The number of aliphatic hydroxyl groups excluding tert-OH is 1. The van der Waals surface area contributed by atoms with E-state index in [1.54, 1.807) is 0 Å². The van der Waals surface area contributed by atoms with Crippen molar-refractivity contribution < 1.29 is 5.11 Å². The minimum absolute atomic E-state index is 0.125. The summed E-state index contributed by atoms with van der Waals surface area (Å²) in [5.41, 5.74) is 7.98. The van der Waals surface area contributed by atoms with Crippen LogP contribution in [0.15, 0.2) is 5.11 Å². The summed E-state index contributed by atoms with van der Waals surface area (Å²) >= 11 is 0. The number of hydrogen-bond acceptors (Lipinski definition) is 3. The summed E-state index contributed by atoms with van der Waals surface area (Å²) in [5, 5.41) is 15.8. The maximum absolute atomic E-state index is 9.35. The molecule has 0 radical (unpaired) electrons. The molecular weight excluding hydrogens is 144 g/mol. The zero-order valence-electron chi connectivity index (χ0n) is 6.27. The van der Waals surface area contributed by atoms with Gasteiger partial charge in [0.05, 0.1) is 12.6 Å². The Morgan fingerprint density at radius 3 is 3.18 bits per heavy atom. The molecule has 5 heteroatoms. The Morgan fingerprint density at radius 1 is 1.82 bits per heavy atom. The summed E-state index contributed by atoms with van der Waals surface area (Å²) < 4.78 is 0. The molecular formula is C6H12N4O. The highest BCUT2D eigenvalue weighted by atomic mass is 16.3. The van der Waals surface area contributed by atoms with Gasteiger partial charge in [-0.15, -0.1) is 0 Å². The van der Waals surface area contributed by atoms with Crippen LogP contribution in [-0.4, -0.2) is 30.3 Å². The van der Waals surface area contributed by atoms with Gasteiger partial charge in [-0.05, 0) is 24.9 Å². The van der Waals surface area contributed by atoms with E-state index in [0.717, 1.165) is 19.4 Å². The molecule has 1 aliphatic heterocycles. The van der Waals surface area contributed by atoms with Crippen LogP contribution in [0.3, 0.4) is 0 Å². The van der Waals surface area contributed by atoms with E-state index in [1.807, 2.05) is 0 Å². The lowest BCUT2D eigenvalue weighted by atomic mass is 10.1. The largest absolute Gasteiger partial charge is 0.391 e. The van der Waals surface area contributed by atoms with Gasteiger partial charge >= 0.3 is 0 Å². The van der Waals surface area contributed by atoms with Crippen LogP contribution in [0.5, 0.6) is 0 Å². The lowest BCUT2D eigenvalue weighted by molar-refractivity contribution is 0.143. The molecule has 0 amide bonds. The molecule has 0 aliphatic carbocycles. The van der Waals surface area contributed by atoms with Crippen molar-refractivity contribution in [2.45, 2.75) is 25.0 Å². The maximum atomic E-state index is 9.35. The molecule has 5 nitrogen and oxygen atoms in total. The van der Waals surface area contributed by atoms with E-state index >= 15 is 0 Å². The standard InChI is InChI=1S/C6H12N4O/c7-10-9-4-6(11)5-2-1-3-8-5/h5-6,8,11H,1-4H2/t5-,6+/m0/s1. The highest BCUT2D eigenvalue weighted by molar-refractivity contribution is 4.82. The number of aliphatic hydroxyl groups is 1. The molecule has 1 rings (SSSR count).